The van der Waals surface area contributed by atoms with Gasteiger partial charge < -0.3 is 20.7 Å². The van der Waals surface area contributed by atoms with Crippen molar-refractivity contribution in [3.8, 4) is 5.75 Å². The van der Waals surface area contributed by atoms with Gasteiger partial charge in [-0.1, -0.05) is 19.3 Å². The van der Waals surface area contributed by atoms with E-state index in [-0.39, 0.29) is 11.9 Å². The summed E-state index contributed by atoms with van der Waals surface area (Å²) in [6.45, 7) is 2.07. The molecule has 2 rings (SSSR count). The zero-order valence-corrected chi connectivity index (χ0v) is 15.7. The molecule has 0 atom stereocenters. The summed E-state index contributed by atoms with van der Waals surface area (Å²) in [4.78, 5) is 23.3. The predicted molar refractivity (Wildman–Crippen MR) is 104 cm³/mol. The number of carbonyl (C=O) groups is 2. The van der Waals surface area contributed by atoms with Crippen molar-refractivity contribution in [2.45, 2.75) is 44.3 Å². The molecule has 6 nitrogen and oxygen atoms in total. The fourth-order valence-electron chi connectivity index (χ4n) is 2.87. The number of rotatable bonds is 7. The fourth-order valence-corrected chi connectivity index (χ4v) is 4.09. The molecule has 0 bridgehead atoms. The molecular formula is C18H27N3O3S. The molecule has 7 heteroatoms. The number of hydrogen-bond donors (Lipinski definition) is 3. The number of methoxy groups -OCH3 is 1. The van der Waals surface area contributed by atoms with Crippen LogP contribution in [0.15, 0.2) is 18.2 Å². The summed E-state index contributed by atoms with van der Waals surface area (Å²) in [5.41, 5.74) is 1.13. The zero-order valence-electron chi connectivity index (χ0n) is 14.9. The molecule has 0 unspecified atom stereocenters. The average molecular weight is 365 g/mol. The van der Waals surface area contributed by atoms with Gasteiger partial charge in [0.15, 0.2) is 0 Å². The van der Waals surface area contributed by atoms with Crippen molar-refractivity contribution < 1.29 is 14.3 Å². The highest BCUT2D eigenvalue weighted by molar-refractivity contribution is 7.99. The molecule has 0 saturated heterocycles. The van der Waals surface area contributed by atoms with Crippen LogP contribution in [0.4, 0.5) is 16.2 Å². The third kappa shape index (κ3) is 6.86. The van der Waals surface area contributed by atoms with Crippen molar-refractivity contribution in [3.63, 3.8) is 0 Å². The molecule has 1 saturated carbocycles. The monoisotopic (exact) mass is 365 g/mol. The van der Waals surface area contributed by atoms with Crippen LogP contribution in [0.5, 0.6) is 5.75 Å². The topological polar surface area (TPSA) is 79.5 Å². The molecule has 0 radical (unpaired) electrons. The van der Waals surface area contributed by atoms with Gasteiger partial charge in [0.05, 0.1) is 12.8 Å². The van der Waals surface area contributed by atoms with Crippen molar-refractivity contribution >= 4 is 35.1 Å². The van der Waals surface area contributed by atoms with Crippen LogP contribution < -0.4 is 20.7 Å². The number of benzene rings is 1. The van der Waals surface area contributed by atoms with E-state index in [1.165, 1.54) is 46.1 Å². The second-order valence-corrected chi connectivity index (χ2v) is 7.52. The second-order valence-electron chi connectivity index (χ2n) is 6.11. The molecule has 25 heavy (non-hydrogen) atoms. The second kappa shape index (κ2) is 10.2. The van der Waals surface area contributed by atoms with Crippen molar-refractivity contribution in [2.24, 2.45) is 0 Å². The van der Waals surface area contributed by atoms with Crippen molar-refractivity contribution in [1.82, 2.24) is 5.32 Å². The van der Waals surface area contributed by atoms with Crippen LogP contribution in [0.25, 0.3) is 0 Å². The molecule has 1 aromatic rings. The highest BCUT2D eigenvalue weighted by atomic mass is 32.2. The van der Waals surface area contributed by atoms with E-state index >= 15 is 0 Å². The Kier molecular flexibility index (Phi) is 7.91. The molecular weight excluding hydrogens is 338 g/mol. The Morgan fingerprint density at radius 2 is 1.96 bits per heavy atom. The number of amides is 3. The third-order valence-electron chi connectivity index (χ3n) is 4.06. The number of ether oxygens (including phenoxy) is 1. The summed E-state index contributed by atoms with van der Waals surface area (Å²) >= 11 is 1.95. The first-order valence-corrected chi connectivity index (χ1v) is 9.75. The van der Waals surface area contributed by atoms with Crippen LogP contribution in [0, 0.1) is 0 Å². The van der Waals surface area contributed by atoms with E-state index < -0.39 is 0 Å². The molecule has 1 aliphatic rings. The SMILES string of the molecule is COc1ccc(NC(=O)NCCSC2CCCCC2)cc1NC(C)=O. The van der Waals surface area contributed by atoms with Crippen LogP contribution in [0.2, 0.25) is 0 Å². The Balaban J connectivity index is 1.76. The minimum atomic E-state index is -0.247. The highest BCUT2D eigenvalue weighted by Gasteiger charge is 2.13. The normalized spacial score (nSPS) is 14.6. The Hall–Kier alpha value is -1.89. The summed E-state index contributed by atoms with van der Waals surface area (Å²) in [5, 5.41) is 9.09. The molecule has 0 aromatic heterocycles. The lowest BCUT2D eigenvalue weighted by Gasteiger charge is -2.20. The Labute approximate surface area is 153 Å². The third-order valence-corrected chi connectivity index (χ3v) is 5.44. The zero-order chi connectivity index (χ0) is 18.1. The summed E-state index contributed by atoms with van der Waals surface area (Å²) in [5.74, 6) is 1.28. The van der Waals surface area contributed by atoms with E-state index in [1.54, 1.807) is 18.2 Å². The van der Waals surface area contributed by atoms with Crippen LogP contribution >= 0.6 is 11.8 Å². The minimum Gasteiger partial charge on any atom is -0.495 e. The lowest BCUT2D eigenvalue weighted by molar-refractivity contribution is -0.114. The van der Waals surface area contributed by atoms with Gasteiger partial charge >= 0.3 is 6.03 Å². The van der Waals surface area contributed by atoms with Crippen LogP contribution in [0.3, 0.4) is 0 Å². The maximum absolute atomic E-state index is 12.0. The Morgan fingerprint density at radius 1 is 1.20 bits per heavy atom. The lowest BCUT2D eigenvalue weighted by atomic mass is 10.0. The first kappa shape index (κ1) is 19.4. The number of urea groups is 1. The molecule has 3 N–H and O–H groups in total. The van der Waals surface area contributed by atoms with Crippen LogP contribution in [0.1, 0.15) is 39.0 Å². The first-order chi connectivity index (χ1) is 12.1. The molecule has 0 heterocycles. The van der Waals surface area contributed by atoms with E-state index in [4.69, 9.17) is 4.74 Å². The molecule has 0 aliphatic heterocycles. The molecule has 0 spiro atoms. The maximum Gasteiger partial charge on any atom is 0.319 e. The summed E-state index contributed by atoms with van der Waals surface area (Å²) in [7, 11) is 1.53. The van der Waals surface area contributed by atoms with Crippen LogP contribution in [-0.4, -0.2) is 36.6 Å². The molecule has 1 aliphatic carbocycles. The molecule has 1 aromatic carbocycles. The smallest absolute Gasteiger partial charge is 0.319 e. The van der Waals surface area contributed by atoms with Gasteiger partial charge in [-0.05, 0) is 31.0 Å². The summed E-state index contributed by atoms with van der Waals surface area (Å²) < 4.78 is 5.20. The molecule has 1 fully saturated rings. The van der Waals surface area contributed by atoms with Gasteiger partial charge in [0.25, 0.3) is 0 Å². The van der Waals surface area contributed by atoms with Gasteiger partial charge in [-0.2, -0.15) is 11.8 Å². The summed E-state index contributed by atoms with van der Waals surface area (Å²) in [6.07, 6.45) is 6.63. The van der Waals surface area contributed by atoms with Gasteiger partial charge in [-0.3, -0.25) is 4.79 Å². The molecule has 138 valence electrons. The number of anilines is 2. The van der Waals surface area contributed by atoms with Crippen molar-refractivity contribution in [1.29, 1.82) is 0 Å². The number of hydrogen-bond acceptors (Lipinski definition) is 4. The largest absolute Gasteiger partial charge is 0.495 e. The molecule has 3 amide bonds. The maximum atomic E-state index is 12.0. The van der Waals surface area contributed by atoms with Gasteiger partial charge in [0, 0.05) is 30.2 Å². The quantitative estimate of drug-likeness (QED) is 0.642. The van der Waals surface area contributed by atoms with Gasteiger partial charge in [0.1, 0.15) is 5.75 Å². The summed E-state index contributed by atoms with van der Waals surface area (Å²) in [6, 6.07) is 4.87. The Bertz CT molecular complexity index is 589. The number of thioether (sulfide) groups is 1. The van der Waals surface area contributed by atoms with E-state index in [9.17, 15) is 9.59 Å². The fraction of sp³-hybridized carbons (Fsp3) is 0.556. The van der Waals surface area contributed by atoms with Crippen LogP contribution in [-0.2, 0) is 4.79 Å². The van der Waals surface area contributed by atoms with E-state index in [2.05, 4.69) is 16.0 Å². The van der Waals surface area contributed by atoms with E-state index in [1.807, 2.05) is 11.8 Å². The van der Waals surface area contributed by atoms with Crippen molar-refractivity contribution in [2.75, 3.05) is 30.0 Å². The van der Waals surface area contributed by atoms with Crippen molar-refractivity contribution in [3.05, 3.63) is 18.2 Å². The Morgan fingerprint density at radius 3 is 2.64 bits per heavy atom. The van der Waals surface area contributed by atoms with Gasteiger partial charge in [0.2, 0.25) is 5.91 Å². The standard InChI is InChI=1S/C18H27N3O3S/c1-13(22)20-16-12-14(8-9-17(16)24-2)21-18(23)19-10-11-25-15-6-4-3-5-7-15/h8-9,12,15H,3-7,10-11H2,1-2H3,(H,20,22)(H2,19,21,23). The number of nitrogens with one attached hydrogen (secondary N) is 3. The van der Waals surface area contributed by atoms with Gasteiger partial charge in [-0.15, -0.1) is 0 Å². The number of carbonyl (C=O) groups excluding carboxylic acids is 2. The minimum absolute atomic E-state index is 0.195. The highest BCUT2D eigenvalue weighted by Crippen LogP contribution is 2.28. The van der Waals surface area contributed by atoms with E-state index in [0.717, 1.165) is 11.0 Å². The average Bonchev–Trinajstić information content (AvgIpc) is 2.59. The van der Waals surface area contributed by atoms with E-state index in [0.29, 0.717) is 23.7 Å². The predicted octanol–water partition coefficient (Wildman–Crippen LogP) is 3.84. The van der Waals surface area contributed by atoms with Gasteiger partial charge in [-0.25, -0.2) is 4.79 Å². The first-order valence-electron chi connectivity index (χ1n) is 8.70. The lowest BCUT2D eigenvalue weighted by Crippen LogP contribution is -2.31.